The van der Waals surface area contributed by atoms with Crippen LogP contribution in [0.2, 0.25) is 0 Å². The number of hydrogen-bond donors (Lipinski definition) is 0. The van der Waals surface area contributed by atoms with E-state index in [4.69, 9.17) is 23.1 Å². The lowest BCUT2D eigenvalue weighted by atomic mass is 9.83. The minimum atomic E-state index is -3.81. The average Bonchev–Trinajstić information content (AvgIpc) is 3.15. The van der Waals surface area contributed by atoms with Gasteiger partial charge in [0.05, 0.1) is 50.1 Å². The first kappa shape index (κ1) is 38.7. The van der Waals surface area contributed by atoms with E-state index in [0.29, 0.717) is 19.1 Å². The number of fused-ring (bicyclic) bond motifs is 4. The maximum atomic E-state index is 13.1. The van der Waals surface area contributed by atoms with Crippen LogP contribution >= 0.6 is 0 Å². The molecule has 52 heavy (non-hydrogen) atoms. The first-order valence-corrected chi connectivity index (χ1v) is 20.2. The number of benzene rings is 3. The Morgan fingerprint density at radius 1 is 0.731 bits per heavy atom. The van der Waals surface area contributed by atoms with Crippen molar-refractivity contribution in [2.75, 3.05) is 53.7 Å². The fraction of sp³-hybridized carbons (Fsp3) is 0.561. The van der Waals surface area contributed by atoms with E-state index in [0.717, 1.165) is 68.7 Å². The lowest BCUT2D eigenvalue weighted by molar-refractivity contribution is -0.132. The zero-order valence-corrected chi connectivity index (χ0v) is 32.1. The molecule has 0 spiro atoms. The second kappa shape index (κ2) is 17.4. The normalized spacial score (nSPS) is 25.8. The fourth-order valence-electron chi connectivity index (χ4n) is 8.42. The molecule has 0 radical (unpaired) electrons. The van der Waals surface area contributed by atoms with Crippen molar-refractivity contribution >= 4 is 10.1 Å². The molecule has 3 aromatic rings. The summed E-state index contributed by atoms with van der Waals surface area (Å²) in [5.74, 6) is 1.82. The molecular formula is C41H55FN2O7S. The lowest BCUT2D eigenvalue weighted by Crippen LogP contribution is -2.59. The van der Waals surface area contributed by atoms with Gasteiger partial charge < -0.3 is 18.9 Å². The second-order valence-electron chi connectivity index (χ2n) is 14.4. The van der Waals surface area contributed by atoms with Gasteiger partial charge in [-0.25, -0.2) is 4.39 Å². The molecule has 0 amide bonds. The van der Waals surface area contributed by atoms with Crippen LogP contribution in [0.4, 0.5) is 4.39 Å². The van der Waals surface area contributed by atoms with Crippen LogP contribution in [-0.4, -0.2) is 108 Å². The summed E-state index contributed by atoms with van der Waals surface area (Å²) in [6, 6.07) is 19.8. The van der Waals surface area contributed by atoms with Gasteiger partial charge in [-0.2, -0.15) is 8.42 Å². The van der Waals surface area contributed by atoms with E-state index in [9.17, 15) is 12.8 Å². The third-order valence-electron chi connectivity index (χ3n) is 10.9. The van der Waals surface area contributed by atoms with Crippen molar-refractivity contribution in [3.05, 3.63) is 88.5 Å². The number of halogens is 1. The first-order chi connectivity index (χ1) is 25.2. The van der Waals surface area contributed by atoms with E-state index in [1.165, 1.54) is 22.3 Å². The smallest absolute Gasteiger partial charge is 0.297 e. The van der Waals surface area contributed by atoms with Crippen molar-refractivity contribution in [3.8, 4) is 11.5 Å². The molecule has 2 heterocycles. The Morgan fingerprint density at radius 2 is 1.23 bits per heavy atom. The molecule has 11 heteroatoms. The molecule has 2 saturated heterocycles. The summed E-state index contributed by atoms with van der Waals surface area (Å²) in [5, 5.41) is 0. The summed E-state index contributed by atoms with van der Waals surface area (Å²) in [4.78, 5) is 5.03. The highest BCUT2D eigenvalue weighted by molar-refractivity contribution is 7.86. The number of rotatable bonds is 11. The van der Waals surface area contributed by atoms with Gasteiger partial charge in [-0.3, -0.25) is 14.0 Å². The molecule has 6 atom stereocenters. The highest BCUT2D eigenvalue weighted by atomic mass is 32.2. The summed E-state index contributed by atoms with van der Waals surface area (Å²) in [5.41, 5.74) is 6.08. The first-order valence-electron chi connectivity index (χ1n) is 18.8. The Kier molecular flexibility index (Phi) is 12.9. The van der Waals surface area contributed by atoms with Gasteiger partial charge in [-0.15, -0.1) is 0 Å². The molecule has 2 fully saturated rings. The predicted molar refractivity (Wildman–Crippen MR) is 200 cm³/mol. The van der Waals surface area contributed by atoms with Crippen LogP contribution in [0.25, 0.3) is 0 Å². The zero-order chi connectivity index (χ0) is 36.8. The van der Waals surface area contributed by atoms with Gasteiger partial charge in [0.2, 0.25) is 0 Å². The Bertz CT molecular complexity index is 1740. The van der Waals surface area contributed by atoms with Crippen molar-refractivity contribution in [3.63, 3.8) is 0 Å². The summed E-state index contributed by atoms with van der Waals surface area (Å²) < 4.78 is 67.2. The van der Waals surface area contributed by atoms with Gasteiger partial charge in [0.25, 0.3) is 10.1 Å². The number of aryl methyl sites for hydroxylation is 1. The molecule has 2 aliphatic carbocycles. The number of ether oxygens (including phenoxy) is 4. The van der Waals surface area contributed by atoms with Gasteiger partial charge in [0, 0.05) is 38.0 Å². The van der Waals surface area contributed by atoms with Gasteiger partial charge >= 0.3 is 0 Å². The van der Waals surface area contributed by atoms with E-state index in [-0.39, 0.29) is 42.0 Å². The average molecular weight is 739 g/mol. The number of morpholine rings is 2. The number of alkyl halides is 1. The van der Waals surface area contributed by atoms with E-state index in [1.807, 2.05) is 25.1 Å². The predicted octanol–water partition coefficient (Wildman–Crippen LogP) is 5.97. The van der Waals surface area contributed by atoms with Crippen molar-refractivity contribution in [1.29, 1.82) is 0 Å². The quantitative estimate of drug-likeness (QED) is 0.221. The fourth-order valence-corrected chi connectivity index (χ4v) is 9.36. The molecule has 284 valence electrons. The lowest BCUT2D eigenvalue weighted by Gasteiger charge is -2.47. The minimum absolute atomic E-state index is 0.0123. The summed E-state index contributed by atoms with van der Waals surface area (Å²) >= 11 is 0. The standard InChI is InChI=1S/C24H31NO5S.C17H24FNO2/c1-4-12-25-15-19(16-29-31(26,27)20-10-8-17(2)9-11-20)30-24-14-21-18(13-22(24)25)6-5-7-23(21)28-3;1-3-7-19-11-13(10-18)21-17-9-14-12(8-15(17)19)5-4-6-16(14)20-2/h5-11,19,22,24H,4,12-16H2,1-3H3;4-6,13,15,17H,3,7-11H2,1-2H3/t19-,22-,24-;13-,15+,17+/m10/s1. The van der Waals surface area contributed by atoms with Crippen LogP contribution in [0.3, 0.4) is 0 Å². The Morgan fingerprint density at radius 3 is 1.71 bits per heavy atom. The number of hydrogen-bond acceptors (Lipinski definition) is 9. The SMILES string of the molecule is CCCN1C[C@H](CF)O[C@@H]2Cc3c(cccc3OC)C[C@H]21.CCCN1C[C@H](COS(=O)(=O)c2ccc(C)cc2)O[C@@H]2Cc3c(cccc3OC)C[C@H]21. The molecule has 7 rings (SSSR count). The number of nitrogens with zero attached hydrogens (tertiary/aromatic N) is 2. The van der Waals surface area contributed by atoms with E-state index < -0.39 is 16.8 Å². The van der Waals surface area contributed by atoms with Gasteiger partial charge in [0.1, 0.15) is 18.2 Å². The third-order valence-corrected chi connectivity index (χ3v) is 12.2. The van der Waals surface area contributed by atoms with Crippen molar-refractivity contribution < 1.29 is 35.9 Å². The van der Waals surface area contributed by atoms with E-state index in [2.05, 4.69) is 41.8 Å². The zero-order valence-electron chi connectivity index (χ0n) is 31.3. The monoisotopic (exact) mass is 738 g/mol. The molecule has 0 saturated carbocycles. The van der Waals surface area contributed by atoms with Crippen LogP contribution in [-0.2, 0) is 49.5 Å². The summed E-state index contributed by atoms with van der Waals surface area (Å²) in [6.07, 6.45) is 5.05. The highest BCUT2D eigenvalue weighted by Crippen LogP contribution is 2.37. The molecular weight excluding hydrogens is 684 g/mol. The maximum Gasteiger partial charge on any atom is 0.297 e. The van der Waals surface area contributed by atoms with Crippen molar-refractivity contribution in [2.45, 2.75) is 101 Å². The van der Waals surface area contributed by atoms with Crippen LogP contribution in [0.1, 0.15) is 54.5 Å². The molecule has 2 aliphatic heterocycles. The highest BCUT2D eigenvalue weighted by Gasteiger charge is 2.42. The Hall–Kier alpha value is -3.06. The van der Waals surface area contributed by atoms with E-state index in [1.54, 1.807) is 38.5 Å². The van der Waals surface area contributed by atoms with Crippen LogP contribution < -0.4 is 9.47 Å². The molecule has 0 N–H and O–H groups in total. The van der Waals surface area contributed by atoms with Gasteiger partial charge in [0.15, 0.2) is 0 Å². The summed E-state index contributed by atoms with van der Waals surface area (Å²) in [7, 11) is -0.414. The molecule has 0 bridgehead atoms. The van der Waals surface area contributed by atoms with Crippen LogP contribution in [0.5, 0.6) is 11.5 Å². The van der Waals surface area contributed by atoms with E-state index >= 15 is 0 Å². The third kappa shape index (κ3) is 8.66. The van der Waals surface area contributed by atoms with Crippen molar-refractivity contribution in [1.82, 2.24) is 9.80 Å². The van der Waals surface area contributed by atoms with Gasteiger partial charge in [-0.1, -0.05) is 55.8 Å². The molecule has 0 aromatic heterocycles. The second-order valence-corrected chi connectivity index (χ2v) is 16.1. The molecule has 3 aromatic carbocycles. The Labute approximate surface area is 309 Å². The molecule has 4 aliphatic rings. The van der Waals surface area contributed by atoms with Crippen LogP contribution in [0, 0.1) is 6.92 Å². The number of methoxy groups -OCH3 is 2. The van der Waals surface area contributed by atoms with Crippen LogP contribution in [0.15, 0.2) is 65.6 Å². The molecule has 0 unspecified atom stereocenters. The minimum Gasteiger partial charge on any atom is -0.496 e. The van der Waals surface area contributed by atoms with Gasteiger partial charge in [-0.05, 0) is 92.2 Å². The molecule has 9 nitrogen and oxygen atoms in total. The summed E-state index contributed by atoms with van der Waals surface area (Å²) in [6.45, 7) is 9.21. The maximum absolute atomic E-state index is 13.1. The largest absolute Gasteiger partial charge is 0.496 e. The van der Waals surface area contributed by atoms with Crippen molar-refractivity contribution in [2.24, 2.45) is 0 Å². The topological polar surface area (TPSA) is 86.8 Å². The Balaban J connectivity index is 0.000000192.